The first-order valence-corrected chi connectivity index (χ1v) is 12.3. The lowest BCUT2D eigenvalue weighted by Crippen LogP contribution is -2.36. The fourth-order valence-electron chi connectivity index (χ4n) is 3.66. The van der Waals surface area contributed by atoms with Gasteiger partial charge in [-0.15, -0.1) is 13.2 Å². The number of guanidine groups is 1. The first-order valence-electron chi connectivity index (χ1n) is 11.5. The fourth-order valence-corrected chi connectivity index (χ4v) is 3.96. The topological polar surface area (TPSA) is 121 Å². The van der Waals surface area contributed by atoms with Crippen molar-refractivity contribution in [3.63, 3.8) is 0 Å². The van der Waals surface area contributed by atoms with Crippen molar-refractivity contribution >= 4 is 46.7 Å². The zero-order chi connectivity index (χ0) is 29.3. The number of halogens is 5. The minimum absolute atomic E-state index is 0.0524. The van der Waals surface area contributed by atoms with Crippen LogP contribution in [0, 0.1) is 17.4 Å². The third kappa shape index (κ3) is 8.42. The summed E-state index contributed by atoms with van der Waals surface area (Å²) >= 11 is 12.3. The molecule has 0 aliphatic carbocycles. The number of nitriles is 1. The standard InChI is InChI=1S/C25H23Cl2F3N6O4/c1-3-10-39-24(37)32-9-8-16-13-36(35-22(16)15-4-6-18(26)19(27)11-15)23(33-14-31)34-20-12-17(40-25(28,29)30)5-7-21(20)38-2/h3-7,11-12,16H,1,8-10,13H2,2H3,(H,32,37)(H,33,34). The Bertz CT molecular complexity index is 1350. The molecule has 0 radical (unpaired) electrons. The van der Waals surface area contributed by atoms with Crippen molar-refractivity contribution in [2.24, 2.45) is 16.0 Å². The van der Waals surface area contributed by atoms with Crippen LogP contribution in [0.4, 0.5) is 23.7 Å². The molecule has 0 aromatic heterocycles. The van der Waals surface area contributed by atoms with Crippen LogP contribution in [0.5, 0.6) is 11.5 Å². The quantitative estimate of drug-likeness (QED) is 0.127. The molecular formula is C25H23Cl2F3N6O4. The number of nitrogens with zero attached hydrogens (tertiary/aromatic N) is 4. The molecule has 0 saturated heterocycles. The maximum Gasteiger partial charge on any atom is 0.573 e. The molecule has 1 atom stereocenters. The Morgan fingerprint density at radius 1 is 1.30 bits per heavy atom. The van der Waals surface area contributed by atoms with Crippen LogP contribution >= 0.6 is 23.2 Å². The third-order valence-electron chi connectivity index (χ3n) is 5.34. The van der Waals surface area contributed by atoms with E-state index in [2.05, 4.69) is 32.0 Å². The first kappa shape index (κ1) is 30.4. The Labute approximate surface area is 237 Å². The fraction of sp³-hybridized carbons (Fsp3) is 0.280. The number of hydrazone groups is 1. The summed E-state index contributed by atoms with van der Waals surface area (Å²) in [6.45, 7) is 3.94. The van der Waals surface area contributed by atoms with Crippen molar-refractivity contribution < 1.29 is 32.2 Å². The predicted octanol–water partition coefficient (Wildman–Crippen LogP) is 5.60. The second-order valence-corrected chi connectivity index (χ2v) is 8.86. The molecule has 1 aliphatic heterocycles. The third-order valence-corrected chi connectivity index (χ3v) is 6.08. The highest BCUT2D eigenvalue weighted by Crippen LogP contribution is 2.35. The van der Waals surface area contributed by atoms with Gasteiger partial charge < -0.3 is 19.5 Å². The number of alkyl halides is 3. The van der Waals surface area contributed by atoms with Gasteiger partial charge in [0.25, 0.3) is 0 Å². The number of ether oxygens (including phenoxy) is 3. The summed E-state index contributed by atoms with van der Waals surface area (Å²) in [5.74, 6) is -0.802. The van der Waals surface area contributed by atoms with E-state index in [-0.39, 0.29) is 43.0 Å². The Morgan fingerprint density at radius 2 is 2.08 bits per heavy atom. The van der Waals surface area contributed by atoms with Crippen LogP contribution in [-0.4, -0.2) is 55.9 Å². The predicted molar refractivity (Wildman–Crippen MR) is 143 cm³/mol. The lowest BCUT2D eigenvalue weighted by Gasteiger charge is -2.18. The number of benzene rings is 2. The summed E-state index contributed by atoms with van der Waals surface area (Å²) in [5, 5.41) is 21.0. The molecule has 10 nitrogen and oxygen atoms in total. The maximum atomic E-state index is 12.8. The number of hydrogen-bond donors (Lipinski definition) is 2. The summed E-state index contributed by atoms with van der Waals surface area (Å²) in [5.41, 5.74) is 1.13. The SMILES string of the molecule is C=CCOC(=O)NCCC1CN(C(=Nc2cc(OC(F)(F)F)ccc2OC)NC#N)N=C1c1ccc(Cl)c(Cl)c1. The van der Waals surface area contributed by atoms with Crippen LogP contribution in [0.1, 0.15) is 12.0 Å². The van der Waals surface area contributed by atoms with Crippen molar-refractivity contribution in [1.82, 2.24) is 15.6 Å². The highest BCUT2D eigenvalue weighted by Gasteiger charge is 2.32. The summed E-state index contributed by atoms with van der Waals surface area (Å²) in [6.07, 6.45) is -1.95. The Morgan fingerprint density at radius 3 is 2.73 bits per heavy atom. The van der Waals surface area contributed by atoms with Crippen LogP contribution in [-0.2, 0) is 4.74 Å². The Balaban J connectivity index is 1.95. The average Bonchev–Trinajstić information content (AvgIpc) is 3.32. The van der Waals surface area contributed by atoms with E-state index >= 15 is 0 Å². The number of amides is 1. The number of rotatable bonds is 9. The minimum atomic E-state index is -4.92. The van der Waals surface area contributed by atoms with Gasteiger partial charge in [0.1, 0.15) is 23.8 Å². The van der Waals surface area contributed by atoms with Gasteiger partial charge in [-0.1, -0.05) is 41.9 Å². The largest absolute Gasteiger partial charge is 0.573 e. The van der Waals surface area contributed by atoms with Crippen molar-refractivity contribution in [2.45, 2.75) is 12.8 Å². The van der Waals surface area contributed by atoms with E-state index in [9.17, 15) is 23.2 Å². The lowest BCUT2D eigenvalue weighted by atomic mass is 9.94. The van der Waals surface area contributed by atoms with Gasteiger partial charge in [-0.25, -0.2) is 14.8 Å². The van der Waals surface area contributed by atoms with Crippen molar-refractivity contribution in [3.05, 3.63) is 64.7 Å². The van der Waals surface area contributed by atoms with E-state index < -0.39 is 18.2 Å². The molecule has 2 aromatic rings. The van der Waals surface area contributed by atoms with E-state index in [1.807, 2.05) is 0 Å². The van der Waals surface area contributed by atoms with E-state index in [0.29, 0.717) is 27.7 Å². The molecule has 212 valence electrons. The summed E-state index contributed by atoms with van der Waals surface area (Å²) in [7, 11) is 1.31. The van der Waals surface area contributed by atoms with Gasteiger partial charge in [-0.05, 0) is 36.2 Å². The normalized spacial score (nSPS) is 15.1. The van der Waals surface area contributed by atoms with Gasteiger partial charge in [-0.3, -0.25) is 5.32 Å². The van der Waals surface area contributed by atoms with Crippen molar-refractivity contribution in [3.8, 4) is 17.7 Å². The van der Waals surface area contributed by atoms with Crippen molar-refractivity contribution in [1.29, 1.82) is 5.26 Å². The van der Waals surface area contributed by atoms with Gasteiger partial charge in [0.2, 0.25) is 5.96 Å². The van der Waals surface area contributed by atoms with E-state index in [1.54, 1.807) is 24.4 Å². The number of alkyl carbamates (subject to hydrolysis) is 1. The molecule has 2 N–H and O–H groups in total. The summed E-state index contributed by atoms with van der Waals surface area (Å²) in [4.78, 5) is 16.1. The Kier molecular flexibility index (Phi) is 10.5. The summed E-state index contributed by atoms with van der Waals surface area (Å²) < 4.78 is 52.4. The monoisotopic (exact) mass is 598 g/mol. The molecule has 0 spiro atoms. The molecular weight excluding hydrogens is 576 g/mol. The van der Waals surface area contributed by atoms with Crippen LogP contribution in [0.3, 0.4) is 0 Å². The molecule has 40 heavy (non-hydrogen) atoms. The zero-order valence-corrected chi connectivity index (χ0v) is 22.5. The molecule has 0 bridgehead atoms. The molecule has 0 saturated carbocycles. The number of carbonyl (C=O) groups is 1. The van der Waals surface area contributed by atoms with Crippen molar-refractivity contribution in [2.75, 3.05) is 26.8 Å². The molecule has 1 amide bonds. The minimum Gasteiger partial charge on any atom is -0.494 e. The number of carbonyl (C=O) groups excluding carboxylic acids is 1. The van der Waals surface area contributed by atoms with Gasteiger partial charge in [0.05, 0.1) is 29.4 Å². The molecule has 0 fully saturated rings. The van der Waals surface area contributed by atoms with Crippen LogP contribution in [0.25, 0.3) is 0 Å². The molecule has 1 unspecified atom stereocenters. The lowest BCUT2D eigenvalue weighted by molar-refractivity contribution is -0.274. The van der Waals surface area contributed by atoms with Crippen LogP contribution in [0.2, 0.25) is 10.0 Å². The number of nitrogens with one attached hydrogen (secondary N) is 2. The smallest absolute Gasteiger partial charge is 0.494 e. The maximum absolute atomic E-state index is 12.8. The molecule has 3 rings (SSSR count). The average molecular weight is 599 g/mol. The van der Waals surface area contributed by atoms with E-state index in [4.69, 9.17) is 32.7 Å². The second kappa shape index (κ2) is 13.8. The van der Waals surface area contributed by atoms with Gasteiger partial charge in [0.15, 0.2) is 6.19 Å². The number of hydrogen-bond acceptors (Lipinski definition) is 7. The van der Waals surface area contributed by atoms with Gasteiger partial charge >= 0.3 is 12.5 Å². The highest BCUT2D eigenvalue weighted by atomic mass is 35.5. The number of methoxy groups -OCH3 is 1. The van der Waals surface area contributed by atoms with E-state index in [0.717, 1.165) is 12.1 Å². The highest BCUT2D eigenvalue weighted by molar-refractivity contribution is 6.42. The summed E-state index contributed by atoms with van der Waals surface area (Å²) in [6, 6.07) is 8.28. The molecule has 1 heterocycles. The Hall–Kier alpha value is -4.15. The van der Waals surface area contributed by atoms with Crippen LogP contribution < -0.4 is 20.1 Å². The van der Waals surface area contributed by atoms with Crippen LogP contribution in [0.15, 0.2) is 59.1 Å². The van der Waals surface area contributed by atoms with Gasteiger partial charge in [0, 0.05) is 18.5 Å². The number of aliphatic imine (C=N–C) groups is 1. The first-order chi connectivity index (χ1) is 19.0. The van der Waals surface area contributed by atoms with E-state index in [1.165, 1.54) is 24.3 Å². The second-order valence-electron chi connectivity index (χ2n) is 8.05. The van der Waals surface area contributed by atoms with Gasteiger partial charge in [-0.2, -0.15) is 10.4 Å². The zero-order valence-electron chi connectivity index (χ0n) is 21.0. The molecule has 1 aliphatic rings. The molecule has 2 aromatic carbocycles. The molecule has 15 heteroatoms.